The summed E-state index contributed by atoms with van der Waals surface area (Å²) in [6.45, 7) is 4.22. The normalized spacial score (nSPS) is 10.9. The number of anilines is 4. The Morgan fingerprint density at radius 2 is 0.838 bits per heavy atom. The molecule has 0 heterocycles. The van der Waals surface area contributed by atoms with Gasteiger partial charge in [0.15, 0.2) is 0 Å². The summed E-state index contributed by atoms with van der Waals surface area (Å²) in [6.07, 6.45) is 2.09. The molecule has 2 N–H and O–H groups in total. The standard InChI is InChI=1S/C35H34N2/c1-26-8-17-31(18-9-26)36-33-21-13-29(14-22-33)35(25-12-28-6-4-3-5-7-28)30-15-23-34(24-16-30)37-32-19-10-27(2)11-20-32/h3-11,13-24,35-37H,12,25H2,1-2H3. The largest absolute Gasteiger partial charge is 0.356 e. The minimum atomic E-state index is 0.321. The first-order valence-electron chi connectivity index (χ1n) is 13.0. The predicted molar refractivity (Wildman–Crippen MR) is 158 cm³/mol. The molecular formula is C35H34N2. The summed E-state index contributed by atoms with van der Waals surface area (Å²) in [6, 6.07) is 45.6. The van der Waals surface area contributed by atoms with Crippen LogP contribution in [0.1, 0.15) is 40.2 Å². The number of nitrogens with one attached hydrogen (secondary N) is 2. The highest BCUT2D eigenvalue weighted by atomic mass is 14.9. The van der Waals surface area contributed by atoms with Crippen molar-refractivity contribution in [2.75, 3.05) is 10.6 Å². The molecule has 0 saturated carbocycles. The monoisotopic (exact) mass is 482 g/mol. The van der Waals surface area contributed by atoms with Gasteiger partial charge < -0.3 is 10.6 Å². The lowest BCUT2D eigenvalue weighted by Crippen LogP contribution is -2.04. The Morgan fingerprint density at radius 3 is 1.24 bits per heavy atom. The van der Waals surface area contributed by atoms with Crippen LogP contribution in [-0.4, -0.2) is 0 Å². The van der Waals surface area contributed by atoms with Crippen molar-refractivity contribution in [2.45, 2.75) is 32.6 Å². The van der Waals surface area contributed by atoms with Crippen molar-refractivity contribution in [3.63, 3.8) is 0 Å². The van der Waals surface area contributed by atoms with Crippen LogP contribution in [0.5, 0.6) is 0 Å². The molecule has 5 aromatic carbocycles. The number of aryl methyl sites for hydroxylation is 3. The van der Waals surface area contributed by atoms with Gasteiger partial charge in [0.2, 0.25) is 0 Å². The molecule has 2 heteroatoms. The maximum atomic E-state index is 3.52. The molecule has 0 saturated heterocycles. The molecule has 0 aliphatic carbocycles. The van der Waals surface area contributed by atoms with Crippen molar-refractivity contribution in [1.82, 2.24) is 0 Å². The van der Waals surface area contributed by atoms with Gasteiger partial charge in [0.05, 0.1) is 0 Å². The van der Waals surface area contributed by atoms with Crippen molar-refractivity contribution in [3.8, 4) is 0 Å². The Hall–Kier alpha value is -4.30. The highest BCUT2D eigenvalue weighted by Crippen LogP contribution is 2.32. The first-order valence-corrected chi connectivity index (χ1v) is 13.0. The Morgan fingerprint density at radius 1 is 0.459 bits per heavy atom. The lowest BCUT2D eigenvalue weighted by molar-refractivity contribution is 0.715. The van der Waals surface area contributed by atoms with E-state index in [1.165, 1.54) is 27.8 Å². The second-order valence-electron chi connectivity index (χ2n) is 9.80. The van der Waals surface area contributed by atoms with Crippen LogP contribution in [0.25, 0.3) is 0 Å². The quantitative estimate of drug-likeness (QED) is 0.218. The highest BCUT2D eigenvalue weighted by Gasteiger charge is 2.15. The molecule has 0 spiro atoms. The van der Waals surface area contributed by atoms with Gasteiger partial charge in [-0.2, -0.15) is 0 Å². The molecule has 0 bridgehead atoms. The second kappa shape index (κ2) is 11.6. The second-order valence-corrected chi connectivity index (χ2v) is 9.80. The molecular weight excluding hydrogens is 448 g/mol. The van der Waals surface area contributed by atoms with Crippen molar-refractivity contribution < 1.29 is 0 Å². The van der Waals surface area contributed by atoms with Crippen molar-refractivity contribution in [3.05, 3.63) is 155 Å². The summed E-state index contributed by atoms with van der Waals surface area (Å²) >= 11 is 0. The summed E-state index contributed by atoms with van der Waals surface area (Å²) in [5.74, 6) is 0.321. The number of hydrogen-bond acceptors (Lipinski definition) is 2. The number of hydrogen-bond donors (Lipinski definition) is 2. The summed E-state index contributed by atoms with van der Waals surface area (Å²) in [4.78, 5) is 0. The highest BCUT2D eigenvalue weighted by molar-refractivity contribution is 5.62. The SMILES string of the molecule is Cc1ccc(Nc2ccc(C(CCc3ccccc3)c3ccc(Nc4ccc(C)cc4)cc3)cc2)cc1. The van der Waals surface area contributed by atoms with E-state index in [1.807, 2.05) is 0 Å². The van der Waals surface area contributed by atoms with Crippen LogP contribution in [0.15, 0.2) is 127 Å². The average molecular weight is 483 g/mol. The summed E-state index contributed by atoms with van der Waals surface area (Å²) in [5, 5.41) is 7.04. The van der Waals surface area contributed by atoms with E-state index in [4.69, 9.17) is 0 Å². The third kappa shape index (κ3) is 6.68. The van der Waals surface area contributed by atoms with E-state index in [1.54, 1.807) is 0 Å². The minimum Gasteiger partial charge on any atom is -0.356 e. The zero-order valence-corrected chi connectivity index (χ0v) is 21.6. The molecule has 0 unspecified atom stereocenters. The molecule has 2 nitrogen and oxygen atoms in total. The molecule has 0 aliphatic rings. The van der Waals surface area contributed by atoms with Crippen molar-refractivity contribution in [1.29, 1.82) is 0 Å². The maximum absolute atomic E-state index is 3.52. The number of benzene rings is 5. The third-order valence-electron chi connectivity index (χ3n) is 6.87. The third-order valence-corrected chi connectivity index (χ3v) is 6.87. The van der Waals surface area contributed by atoms with Crippen LogP contribution in [0.2, 0.25) is 0 Å². The van der Waals surface area contributed by atoms with Gasteiger partial charge in [-0.15, -0.1) is 0 Å². The van der Waals surface area contributed by atoms with Crippen molar-refractivity contribution >= 4 is 22.7 Å². The molecule has 0 amide bonds. The fourth-order valence-electron chi connectivity index (χ4n) is 4.69. The minimum absolute atomic E-state index is 0.321. The van der Waals surface area contributed by atoms with Gasteiger partial charge >= 0.3 is 0 Å². The van der Waals surface area contributed by atoms with Gasteiger partial charge in [-0.3, -0.25) is 0 Å². The Kier molecular flexibility index (Phi) is 7.66. The van der Waals surface area contributed by atoms with E-state index in [0.717, 1.165) is 35.6 Å². The predicted octanol–water partition coefficient (Wildman–Crippen LogP) is 9.56. The van der Waals surface area contributed by atoms with Gasteiger partial charge in [0.25, 0.3) is 0 Å². The maximum Gasteiger partial charge on any atom is 0.0384 e. The zero-order chi connectivity index (χ0) is 25.5. The lowest BCUT2D eigenvalue weighted by atomic mass is 9.86. The van der Waals surface area contributed by atoms with E-state index in [9.17, 15) is 0 Å². The fourth-order valence-corrected chi connectivity index (χ4v) is 4.69. The molecule has 0 radical (unpaired) electrons. The van der Waals surface area contributed by atoms with Gasteiger partial charge in [0, 0.05) is 28.7 Å². The van der Waals surface area contributed by atoms with Crippen LogP contribution in [0.3, 0.4) is 0 Å². The van der Waals surface area contributed by atoms with Gasteiger partial charge in [-0.05, 0) is 91.9 Å². The smallest absolute Gasteiger partial charge is 0.0384 e. The number of rotatable bonds is 9. The fraction of sp³-hybridized carbons (Fsp3) is 0.143. The molecule has 37 heavy (non-hydrogen) atoms. The topological polar surface area (TPSA) is 24.1 Å². The molecule has 5 rings (SSSR count). The van der Waals surface area contributed by atoms with Gasteiger partial charge in [-0.25, -0.2) is 0 Å². The Balaban J connectivity index is 1.35. The molecule has 0 aromatic heterocycles. The molecule has 0 atom stereocenters. The Bertz CT molecular complexity index is 1300. The van der Waals surface area contributed by atoms with E-state index in [0.29, 0.717) is 5.92 Å². The van der Waals surface area contributed by atoms with Crippen LogP contribution in [0, 0.1) is 13.8 Å². The molecule has 184 valence electrons. The van der Waals surface area contributed by atoms with Crippen molar-refractivity contribution in [2.24, 2.45) is 0 Å². The van der Waals surface area contributed by atoms with Gasteiger partial charge in [0.1, 0.15) is 0 Å². The lowest BCUT2D eigenvalue weighted by Gasteiger charge is -2.20. The van der Waals surface area contributed by atoms with E-state index in [-0.39, 0.29) is 0 Å². The first kappa shape index (κ1) is 24.4. The zero-order valence-electron chi connectivity index (χ0n) is 21.6. The summed E-state index contributed by atoms with van der Waals surface area (Å²) in [5.41, 5.74) is 11.0. The van der Waals surface area contributed by atoms with E-state index >= 15 is 0 Å². The molecule has 0 aliphatic heterocycles. The van der Waals surface area contributed by atoms with E-state index in [2.05, 4.69) is 152 Å². The Labute approximate surface area is 221 Å². The van der Waals surface area contributed by atoms with Gasteiger partial charge in [-0.1, -0.05) is 90.0 Å². The van der Waals surface area contributed by atoms with Crippen LogP contribution in [0.4, 0.5) is 22.7 Å². The van der Waals surface area contributed by atoms with E-state index < -0.39 is 0 Å². The molecule has 5 aromatic rings. The molecule has 0 fully saturated rings. The summed E-state index contributed by atoms with van der Waals surface area (Å²) in [7, 11) is 0. The average Bonchev–Trinajstić information content (AvgIpc) is 2.94. The van der Waals surface area contributed by atoms with Crippen LogP contribution < -0.4 is 10.6 Å². The van der Waals surface area contributed by atoms with Crippen LogP contribution >= 0.6 is 0 Å². The first-order chi connectivity index (χ1) is 18.1. The van der Waals surface area contributed by atoms with Crippen LogP contribution in [-0.2, 0) is 6.42 Å². The summed E-state index contributed by atoms with van der Waals surface area (Å²) < 4.78 is 0.